The second-order valence-electron chi connectivity index (χ2n) is 11.7. The summed E-state index contributed by atoms with van der Waals surface area (Å²) in [5, 5.41) is 18.4. The highest BCUT2D eigenvalue weighted by Gasteiger charge is 2.33. The highest BCUT2D eigenvalue weighted by Crippen LogP contribution is 2.37. The number of hydrogen-bond donors (Lipinski definition) is 2. The quantitative estimate of drug-likeness (QED) is 0.398. The number of aromatic nitrogens is 3. The van der Waals surface area contributed by atoms with Crippen LogP contribution < -0.4 is 15.2 Å². The summed E-state index contributed by atoms with van der Waals surface area (Å²) in [4.78, 5) is 19.3. The number of nitrogens with zero attached hydrogens (tertiary/aromatic N) is 7. The van der Waals surface area contributed by atoms with Crippen molar-refractivity contribution in [2.75, 3.05) is 62.1 Å². The van der Waals surface area contributed by atoms with Crippen LogP contribution in [-0.4, -0.2) is 76.8 Å². The van der Waals surface area contributed by atoms with Crippen molar-refractivity contribution >= 4 is 29.0 Å². The molecule has 220 valence electrons. The molecule has 0 amide bonds. The first-order valence-electron chi connectivity index (χ1n) is 14.6. The van der Waals surface area contributed by atoms with Crippen molar-refractivity contribution in [3.05, 3.63) is 83.4 Å². The van der Waals surface area contributed by atoms with Gasteiger partial charge in [-0.1, -0.05) is 17.7 Å². The number of likely N-dealkylation sites (N-methyl/N-ethyl adjacent to an activating group) is 1. The molecule has 0 radical (unpaired) electrons. The average Bonchev–Trinajstić information content (AvgIpc) is 3.35. The molecule has 6 rings (SSSR count). The first kappa shape index (κ1) is 28.1. The Morgan fingerprint density at radius 1 is 0.976 bits per heavy atom. The van der Waals surface area contributed by atoms with Gasteiger partial charge in [-0.25, -0.2) is 20.0 Å². The van der Waals surface area contributed by atoms with Gasteiger partial charge in [-0.2, -0.15) is 4.98 Å². The molecule has 2 aliphatic heterocycles. The van der Waals surface area contributed by atoms with E-state index in [-0.39, 0.29) is 0 Å². The first-order chi connectivity index (χ1) is 20.3. The summed E-state index contributed by atoms with van der Waals surface area (Å²) in [7, 11) is 3.89. The minimum Gasteiger partial charge on any atom is -0.501 e. The number of benzene rings is 1. The normalized spacial score (nSPS) is 18.0. The Hall–Kier alpha value is -3.99. The lowest BCUT2D eigenvalue weighted by Gasteiger charge is -2.34. The fourth-order valence-corrected chi connectivity index (χ4v) is 5.56. The van der Waals surface area contributed by atoms with Gasteiger partial charge in [0.05, 0.1) is 18.6 Å². The van der Waals surface area contributed by atoms with Gasteiger partial charge in [-0.3, -0.25) is 0 Å². The lowest BCUT2D eigenvalue weighted by Crippen LogP contribution is -2.44. The van der Waals surface area contributed by atoms with Crippen molar-refractivity contribution in [3.63, 3.8) is 0 Å². The SMILES string of the molecule is COC1=CC=C(CN2Cc3cnc(Nc4ccc(N5CCN(C)CC5)cc4)nc3N2c2cccc(C(C)(C)O)n2)CC1. The summed E-state index contributed by atoms with van der Waals surface area (Å²) in [6.45, 7) is 9.09. The van der Waals surface area contributed by atoms with Crippen LogP contribution in [0.1, 0.15) is 37.9 Å². The van der Waals surface area contributed by atoms with Crippen LogP contribution in [0, 0.1) is 0 Å². The highest BCUT2D eigenvalue weighted by atomic mass is 16.5. The van der Waals surface area contributed by atoms with Gasteiger partial charge in [0.25, 0.3) is 0 Å². The van der Waals surface area contributed by atoms with Crippen molar-refractivity contribution in [2.24, 2.45) is 0 Å². The van der Waals surface area contributed by atoms with Gasteiger partial charge in [0.1, 0.15) is 11.4 Å². The van der Waals surface area contributed by atoms with Crippen LogP contribution in [-0.2, 0) is 16.9 Å². The predicted octanol–water partition coefficient (Wildman–Crippen LogP) is 4.71. The van der Waals surface area contributed by atoms with E-state index in [9.17, 15) is 5.11 Å². The van der Waals surface area contributed by atoms with Gasteiger partial charge < -0.3 is 25.0 Å². The van der Waals surface area contributed by atoms with E-state index in [2.05, 4.69) is 73.6 Å². The monoisotopic (exact) mass is 568 g/mol. The molecule has 10 nitrogen and oxygen atoms in total. The second kappa shape index (κ2) is 11.7. The zero-order valence-electron chi connectivity index (χ0n) is 24.9. The van der Waals surface area contributed by atoms with Gasteiger partial charge in [0, 0.05) is 68.8 Å². The molecule has 1 aliphatic carbocycles. The largest absolute Gasteiger partial charge is 0.501 e. The molecule has 2 N–H and O–H groups in total. The molecule has 42 heavy (non-hydrogen) atoms. The Balaban J connectivity index is 1.27. The molecular formula is C32H40N8O2. The number of piperazine rings is 1. The summed E-state index contributed by atoms with van der Waals surface area (Å²) < 4.78 is 5.43. The van der Waals surface area contributed by atoms with Gasteiger partial charge in [-0.15, -0.1) is 0 Å². The lowest BCUT2D eigenvalue weighted by molar-refractivity contribution is 0.0738. The summed E-state index contributed by atoms with van der Waals surface area (Å²) in [5.74, 6) is 3.01. The van der Waals surface area contributed by atoms with Crippen LogP contribution in [0.2, 0.25) is 0 Å². The Bertz CT molecular complexity index is 1470. The molecule has 2 aromatic heterocycles. The number of hydrogen-bond acceptors (Lipinski definition) is 10. The number of rotatable bonds is 8. The highest BCUT2D eigenvalue weighted by molar-refractivity contribution is 5.65. The minimum absolute atomic E-state index is 0.524. The fourth-order valence-electron chi connectivity index (χ4n) is 5.56. The zero-order valence-corrected chi connectivity index (χ0v) is 24.9. The van der Waals surface area contributed by atoms with Gasteiger partial charge in [-0.05, 0) is 69.8 Å². The van der Waals surface area contributed by atoms with Crippen molar-refractivity contribution in [3.8, 4) is 0 Å². The van der Waals surface area contributed by atoms with Crippen LogP contribution in [0.5, 0.6) is 0 Å². The van der Waals surface area contributed by atoms with Crippen LogP contribution in [0.15, 0.2) is 72.1 Å². The maximum atomic E-state index is 10.7. The zero-order chi connectivity index (χ0) is 29.3. The molecule has 0 unspecified atom stereocenters. The number of aliphatic hydroxyl groups is 1. The molecule has 1 fully saturated rings. The first-order valence-corrected chi connectivity index (χ1v) is 14.6. The number of allylic oxidation sites excluding steroid dienone is 3. The van der Waals surface area contributed by atoms with Crippen LogP contribution in [0.3, 0.4) is 0 Å². The van der Waals surface area contributed by atoms with E-state index in [4.69, 9.17) is 14.7 Å². The van der Waals surface area contributed by atoms with Crippen LogP contribution in [0.4, 0.5) is 29.0 Å². The predicted molar refractivity (Wildman–Crippen MR) is 166 cm³/mol. The molecule has 0 atom stereocenters. The molecule has 1 saturated heterocycles. The van der Waals surface area contributed by atoms with E-state index >= 15 is 0 Å². The van der Waals surface area contributed by atoms with E-state index < -0.39 is 5.60 Å². The molecule has 4 heterocycles. The number of fused-ring (bicyclic) bond motifs is 1. The van der Waals surface area contributed by atoms with Crippen molar-refractivity contribution in [1.29, 1.82) is 0 Å². The number of ether oxygens (including phenoxy) is 1. The van der Waals surface area contributed by atoms with Gasteiger partial charge in [0.2, 0.25) is 5.95 Å². The van der Waals surface area contributed by atoms with E-state index in [0.717, 1.165) is 68.4 Å². The topological polar surface area (TPSA) is 93.1 Å². The Morgan fingerprint density at radius 2 is 1.76 bits per heavy atom. The van der Waals surface area contributed by atoms with Gasteiger partial charge in [0.15, 0.2) is 5.82 Å². The smallest absolute Gasteiger partial charge is 0.229 e. The Labute approximate surface area is 247 Å². The molecule has 0 saturated carbocycles. The Kier molecular flexibility index (Phi) is 7.85. The fraction of sp³-hybridized carbons (Fsp3) is 0.406. The molecule has 0 spiro atoms. The summed E-state index contributed by atoms with van der Waals surface area (Å²) in [5.41, 5.74) is 4.03. The molecule has 3 aromatic rings. The summed E-state index contributed by atoms with van der Waals surface area (Å²) in [6, 6.07) is 14.2. The van der Waals surface area contributed by atoms with Crippen LogP contribution >= 0.6 is 0 Å². The molecule has 1 aromatic carbocycles. The van der Waals surface area contributed by atoms with E-state index in [1.165, 1.54) is 11.3 Å². The second-order valence-corrected chi connectivity index (χ2v) is 11.7. The van der Waals surface area contributed by atoms with E-state index in [1.807, 2.05) is 24.4 Å². The van der Waals surface area contributed by atoms with E-state index in [1.54, 1.807) is 21.0 Å². The molecular weight excluding hydrogens is 528 g/mol. The van der Waals surface area contributed by atoms with Crippen molar-refractivity contribution < 1.29 is 9.84 Å². The number of hydrazine groups is 1. The third kappa shape index (κ3) is 6.11. The molecule has 3 aliphatic rings. The summed E-state index contributed by atoms with van der Waals surface area (Å²) >= 11 is 0. The number of pyridine rings is 1. The number of anilines is 5. The van der Waals surface area contributed by atoms with Crippen LogP contribution in [0.25, 0.3) is 0 Å². The molecule has 10 heteroatoms. The minimum atomic E-state index is -1.06. The third-order valence-electron chi connectivity index (χ3n) is 8.09. The maximum absolute atomic E-state index is 10.7. The third-order valence-corrected chi connectivity index (χ3v) is 8.09. The van der Waals surface area contributed by atoms with Gasteiger partial charge >= 0.3 is 0 Å². The van der Waals surface area contributed by atoms with Crippen molar-refractivity contribution in [1.82, 2.24) is 24.9 Å². The standard InChI is InChI=1S/C32H40N8O2/c1-32(2,41)28-6-5-7-29(35-28)40-30-24(22-39(40)21-23-8-14-27(42-4)15-9-23)20-33-31(36-30)34-25-10-12-26(13-11-25)38-18-16-37(3)17-19-38/h5-8,10-14,20,41H,9,15-19,21-22H2,1-4H3,(H,33,34,36). The average molecular weight is 569 g/mol. The number of nitrogens with one attached hydrogen (secondary N) is 1. The summed E-state index contributed by atoms with van der Waals surface area (Å²) in [6.07, 6.45) is 7.91. The maximum Gasteiger partial charge on any atom is 0.229 e. The Morgan fingerprint density at radius 3 is 2.45 bits per heavy atom. The molecule has 0 bridgehead atoms. The van der Waals surface area contributed by atoms with E-state index in [0.29, 0.717) is 24.0 Å². The van der Waals surface area contributed by atoms with Crippen molar-refractivity contribution in [2.45, 2.75) is 38.8 Å². The number of methoxy groups -OCH3 is 1. The lowest BCUT2D eigenvalue weighted by atomic mass is 10.0.